The molecular weight excluding hydrogens is 405 g/mol. The van der Waals surface area contributed by atoms with Crippen molar-refractivity contribution in [3.63, 3.8) is 0 Å². The molecule has 1 aromatic carbocycles. The number of alkyl halides is 3. The number of nitrogens with one attached hydrogen (secondary N) is 2. The van der Waals surface area contributed by atoms with Gasteiger partial charge in [-0.2, -0.15) is 18.3 Å². The van der Waals surface area contributed by atoms with Crippen LogP contribution in [0.4, 0.5) is 13.2 Å². The molecule has 158 valence electrons. The standard InChI is InChI=1S/C20H23F3N4O.ClH/c21-20(22,23)16-8-4-1-5-13(16)12-27(14-6-2-3-7-14)19(28)18-15-11-24-10-9-17(15)25-26-18;/h1,4-5,8,14,24H,2-3,6-7,9-12H2,(H,25,26);1H. The van der Waals surface area contributed by atoms with Crippen molar-refractivity contribution in [2.24, 2.45) is 0 Å². The molecule has 2 N–H and O–H groups in total. The number of H-pyrrole nitrogens is 1. The second-order valence-electron chi connectivity index (χ2n) is 7.48. The fourth-order valence-electron chi connectivity index (χ4n) is 4.24. The van der Waals surface area contributed by atoms with Crippen LogP contribution in [-0.2, 0) is 25.7 Å². The molecule has 0 atom stereocenters. The first-order chi connectivity index (χ1) is 13.4. The molecule has 0 unspecified atom stereocenters. The fourth-order valence-corrected chi connectivity index (χ4v) is 4.24. The molecule has 2 aromatic rings. The minimum absolute atomic E-state index is 0. The van der Waals surface area contributed by atoms with Gasteiger partial charge in [0.25, 0.3) is 5.91 Å². The number of hydrogen-bond donors (Lipinski definition) is 2. The minimum Gasteiger partial charge on any atom is -0.330 e. The van der Waals surface area contributed by atoms with Crippen molar-refractivity contribution < 1.29 is 18.0 Å². The molecule has 29 heavy (non-hydrogen) atoms. The summed E-state index contributed by atoms with van der Waals surface area (Å²) >= 11 is 0. The smallest absolute Gasteiger partial charge is 0.330 e. The first-order valence-electron chi connectivity index (χ1n) is 9.68. The van der Waals surface area contributed by atoms with Crippen molar-refractivity contribution in [1.82, 2.24) is 20.4 Å². The average Bonchev–Trinajstić information content (AvgIpc) is 3.35. The molecule has 2 aliphatic rings. The molecule has 1 saturated carbocycles. The van der Waals surface area contributed by atoms with Gasteiger partial charge in [-0.05, 0) is 24.5 Å². The molecule has 9 heteroatoms. The quantitative estimate of drug-likeness (QED) is 0.771. The molecule has 1 aromatic heterocycles. The van der Waals surface area contributed by atoms with Crippen LogP contribution in [0.25, 0.3) is 0 Å². The Hall–Kier alpha value is -2.06. The van der Waals surface area contributed by atoms with E-state index in [1.54, 1.807) is 11.0 Å². The maximum Gasteiger partial charge on any atom is 0.416 e. The molecule has 4 rings (SSSR count). The van der Waals surface area contributed by atoms with Gasteiger partial charge < -0.3 is 10.2 Å². The van der Waals surface area contributed by atoms with Crippen LogP contribution in [0.3, 0.4) is 0 Å². The lowest BCUT2D eigenvalue weighted by Gasteiger charge is -2.30. The molecule has 0 spiro atoms. The number of amides is 1. The number of nitrogens with zero attached hydrogens (tertiary/aromatic N) is 2. The fraction of sp³-hybridized carbons (Fsp3) is 0.500. The Kier molecular flexibility index (Phi) is 6.53. The Morgan fingerprint density at radius 3 is 2.66 bits per heavy atom. The van der Waals surface area contributed by atoms with E-state index in [4.69, 9.17) is 0 Å². The van der Waals surface area contributed by atoms with E-state index in [0.717, 1.165) is 56.0 Å². The van der Waals surface area contributed by atoms with Crippen molar-refractivity contribution in [2.75, 3.05) is 6.54 Å². The summed E-state index contributed by atoms with van der Waals surface area (Å²) in [5.74, 6) is -0.287. The van der Waals surface area contributed by atoms with Gasteiger partial charge in [-0.1, -0.05) is 31.0 Å². The zero-order valence-corrected chi connectivity index (χ0v) is 16.7. The molecule has 1 fully saturated rings. The van der Waals surface area contributed by atoms with E-state index in [-0.39, 0.29) is 36.5 Å². The average molecular weight is 429 g/mol. The topological polar surface area (TPSA) is 61.0 Å². The molecule has 5 nitrogen and oxygen atoms in total. The van der Waals surface area contributed by atoms with Gasteiger partial charge in [0.1, 0.15) is 0 Å². The first kappa shape index (κ1) is 21.6. The molecule has 0 bridgehead atoms. The van der Waals surface area contributed by atoms with Gasteiger partial charge >= 0.3 is 6.18 Å². The Bertz CT molecular complexity index is 862. The zero-order chi connectivity index (χ0) is 19.7. The molecule has 1 aliphatic carbocycles. The largest absolute Gasteiger partial charge is 0.416 e. The monoisotopic (exact) mass is 428 g/mol. The summed E-state index contributed by atoms with van der Waals surface area (Å²) in [6.45, 7) is 1.30. The molecular formula is C20H24ClF3N4O. The van der Waals surface area contributed by atoms with Crippen LogP contribution in [0.2, 0.25) is 0 Å². The summed E-state index contributed by atoms with van der Waals surface area (Å²) < 4.78 is 40.3. The van der Waals surface area contributed by atoms with Gasteiger partial charge in [-0.15, -0.1) is 12.4 Å². The van der Waals surface area contributed by atoms with Crippen molar-refractivity contribution in [2.45, 2.75) is 57.4 Å². The third kappa shape index (κ3) is 4.43. The molecule has 2 heterocycles. The number of benzene rings is 1. The summed E-state index contributed by atoms with van der Waals surface area (Å²) in [5.41, 5.74) is 1.54. The van der Waals surface area contributed by atoms with E-state index in [9.17, 15) is 18.0 Å². The van der Waals surface area contributed by atoms with Crippen LogP contribution in [-0.4, -0.2) is 33.6 Å². The van der Waals surface area contributed by atoms with Crippen LogP contribution in [0, 0.1) is 0 Å². The SMILES string of the molecule is Cl.O=C(c1n[nH]c2c1CNCC2)N(Cc1ccccc1C(F)(F)F)C1CCCC1. The summed E-state index contributed by atoms with van der Waals surface area (Å²) in [6.07, 6.45) is -0.104. The van der Waals surface area contributed by atoms with E-state index in [2.05, 4.69) is 15.5 Å². The van der Waals surface area contributed by atoms with Crippen LogP contribution < -0.4 is 5.32 Å². The van der Waals surface area contributed by atoms with Gasteiger partial charge in [0, 0.05) is 43.4 Å². The second-order valence-corrected chi connectivity index (χ2v) is 7.48. The predicted molar refractivity (Wildman–Crippen MR) is 105 cm³/mol. The van der Waals surface area contributed by atoms with E-state index in [1.807, 2.05) is 0 Å². The number of halogens is 4. The highest BCUT2D eigenvalue weighted by molar-refractivity contribution is 5.94. The molecule has 0 radical (unpaired) electrons. The highest BCUT2D eigenvalue weighted by atomic mass is 35.5. The number of rotatable bonds is 4. The van der Waals surface area contributed by atoms with Crippen LogP contribution in [0.5, 0.6) is 0 Å². The van der Waals surface area contributed by atoms with Crippen molar-refractivity contribution >= 4 is 18.3 Å². The number of fused-ring (bicyclic) bond motifs is 1. The number of hydrogen-bond acceptors (Lipinski definition) is 3. The van der Waals surface area contributed by atoms with E-state index >= 15 is 0 Å². The van der Waals surface area contributed by atoms with E-state index in [1.165, 1.54) is 12.1 Å². The van der Waals surface area contributed by atoms with Crippen LogP contribution >= 0.6 is 12.4 Å². The lowest BCUT2D eigenvalue weighted by Crippen LogP contribution is -2.40. The Labute approximate surface area is 173 Å². The third-order valence-corrected chi connectivity index (χ3v) is 5.70. The Morgan fingerprint density at radius 1 is 1.21 bits per heavy atom. The van der Waals surface area contributed by atoms with E-state index in [0.29, 0.717) is 12.2 Å². The number of carbonyl (C=O) groups is 1. The second kappa shape index (κ2) is 8.75. The predicted octanol–water partition coefficient (Wildman–Crippen LogP) is 4.08. The van der Waals surface area contributed by atoms with Crippen molar-refractivity contribution in [1.29, 1.82) is 0 Å². The first-order valence-corrected chi connectivity index (χ1v) is 9.68. The summed E-state index contributed by atoms with van der Waals surface area (Å²) in [4.78, 5) is 15.0. The molecule has 1 aliphatic heterocycles. The highest BCUT2D eigenvalue weighted by Gasteiger charge is 2.36. The summed E-state index contributed by atoms with van der Waals surface area (Å²) in [5, 5.41) is 10.4. The summed E-state index contributed by atoms with van der Waals surface area (Å²) in [6, 6.07) is 5.44. The van der Waals surface area contributed by atoms with Gasteiger partial charge in [-0.25, -0.2) is 0 Å². The van der Waals surface area contributed by atoms with E-state index < -0.39 is 11.7 Å². The van der Waals surface area contributed by atoms with Crippen molar-refractivity contribution in [3.05, 3.63) is 52.3 Å². The Morgan fingerprint density at radius 2 is 1.93 bits per heavy atom. The number of aromatic nitrogens is 2. The highest BCUT2D eigenvalue weighted by Crippen LogP contribution is 2.34. The minimum atomic E-state index is -4.45. The lowest BCUT2D eigenvalue weighted by atomic mass is 10.0. The maximum atomic E-state index is 13.4. The van der Waals surface area contributed by atoms with Gasteiger partial charge in [0.2, 0.25) is 0 Å². The summed E-state index contributed by atoms with van der Waals surface area (Å²) in [7, 11) is 0. The molecule has 0 saturated heterocycles. The lowest BCUT2D eigenvalue weighted by molar-refractivity contribution is -0.138. The number of aromatic amines is 1. The van der Waals surface area contributed by atoms with Gasteiger partial charge in [0.15, 0.2) is 5.69 Å². The van der Waals surface area contributed by atoms with Crippen LogP contribution in [0.15, 0.2) is 24.3 Å². The number of carbonyl (C=O) groups excluding carboxylic acids is 1. The van der Waals surface area contributed by atoms with Crippen molar-refractivity contribution in [3.8, 4) is 0 Å². The van der Waals surface area contributed by atoms with Crippen LogP contribution in [0.1, 0.15) is 58.6 Å². The van der Waals surface area contributed by atoms with Gasteiger partial charge in [-0.3, -0.25) is 9.89 Å². The maximum absolute atomic E-state index is 13.4. The van der Waals surface area contributed by atoms with Gasteiger partial charge in [0.05, 0.1) is 5.56 Å². The zero-order valence-electron chi connectivity index (χ0n) is 15.9. The Balaban J connectivity index is 0.00000240. The third-order valence-electron chi connectivity index (χ3n) is 5.70. The normalized spacial score (nSPS) is 16.9. The molecule has 1 amide bonds.